The zero-order valence-corrected chi connectivity index (χ0v) is 4.61. The number of hydrogen-bond donors (Lipinski definition) is 0. The van der Waals surface area contributed by atoms with E-state index in [1.54, 1.807) is 0 Å². The number of pyridine rings is 1. The van der Waals surface area contributed by atoms with Crippen molar-refractivity contribution in [2.75, 3.05) is 0 Å². The van der Waals surface area contributed by atoms with Gasteiger partial charge in [-0.1, -0.05) is 11.6 Å². The van der Waals surface area contributed by atoms with Crippen LogP contribution in [0.25, 0.3) is 0 Å². The van der Waals surface area contributed by atoms with Crippen LogP contribution in [0.2, 0.25) is 5.15 Å². The van der Waals surface area contributed by atoms with E-state index in [1.165, 1.54) is 6.07 Å². The fourth-order valence-electron chi connectivity index (χ4n) is 0.346. The van der Waals surface area contributed by atoms with Gasteiger partial charge in [-0.25, -0.2) is 4.98 Å². The van der Waals surface area contributed by atoms with E-state index in [0.717, 1.165) is 6.07 Å². The third-order valence-electron chi connectivity index (χ3n) is 0.618. The third kappa shape index (κ3) is 1.17. The summed E-state index contributed by atoms with van der Waals surface area (Å²) in [6.45, 7) is 0. The van der Waals surface area contributed by atoms with Gasteiger partial charge in [0.25, 0.3) is 0 Å². The Morgan fingerprint density at radius 2 is 2.38 bits per heavy atom. The van der Waals surface area contributed by atoms with E-state index in [-0.39, 0.29) is 5.15 Å². The summed E-state index contributed by atoms with van der Waals surface area (Å²) in [6, 6.07) is 4.97. The molecular weight excluding hydrogens is 129 g/mol. The minimum absolute atomic E-state index is 0.130. The highest BCUT2D eigenvalue weighted by atomic mass is 35.5. The molecule has 1 nitrogen and oxygen atoms in total. The van der Waals surface area contributed by atoms with Crippen molar-refractivity contribution in [3.63, 3.8) is 0 Å². The van der Waals surface area contributed by atoms with Crippen LogP contribution < -0.4 is 0 Å². The van der Waals surface area contributed by atoms with Gasteiger partial charge in [0, 0.05) is 6.07 Å². The summed E-state index contributed by atoms with van der Waals surface area (Å²) in [6.07, 6.45) is 0. The van der Waals surface area contributed by atoms with Crippen LogP contribution in [-0.2, 0) is 0 Å². The molecule has 0 saturated carbocycles. The summed E-state index contributed by atoms with van der Waals surface area (Å²) in [4.78, 5) is 3.24. The second-order valence-electron chi connectivity index (χ2n) is 1.21. The Balaban J connectivity index is 3.08. The molecule has 0 amide bonds. The van der Waals surface area contributed by atoms with Gasteiger partial charge in [-0.15, -0.1) is 0 Å². The number of halogens is 2. The fraction of sp³-hybridized carbons (Fsp3) is 0. The number of aromatic nitrogens is 1. The highest BCUT2D eigenvalue weighted by Gasteiger charge is 1.88. The molecule has 0 aliphatic carbocycles. The molecule has 0 fully saturated rings. The summed E-state index contributed by atoms with van der Waals surface area (Å²) < 4.78 is 11.9. The van der Waals surface area contributed by atoms with Crippen molar-refractivity contribution in [1.29, 1.82) is 0 Å². The largest absolute Gasteiger partial charge is 0.214 e. The molecule has 1 aromatic rings. The van der Waals surface area contributed by atoms with Crippen molar-refractivity contribution in [3.8, 4) is 0 Å². The topological polar surface area (TPSA) is 12.9 Å². The van der Waals surface area contributed by atoms with Gasteiger partial charge in [-0.05, 0) is 12.1 Å². The van der Waals surface area contributed by atoms with Gasteiger partial charge in [-0.3, -0.25) is 0 Å². The summed E-state index contributed by atoms with van der Waals surface area (Å²) >= 11 is 5.26. The predicted molar refractivity (Wildman–Crippen MR) is 28.0 cm³/mol. The van der Waals surface area contributed by atoms with Gasteiger partial charge >= 0.3 is 0 Å². The first-order valence-corrected chi connectivity index (χ1v) is 2.36. The molecule has 0 saturated heterocycles. The van der Waals surface area contributed by atoms with E-state index in [0.29, 0.717) is 0 Å². The van der Waals surface area contributed by atoms with E-state index < -0.39 is 5.95 Å². The van der Waals surface area contributed by atoms with Crippen molar-refractivity contribution in [2.45, 2.75) is 0 Å². The standard InChI is InChI=1S/C5H2ClFN/c6-4-2-1-3-5(7)8-4/h2-3H. The Labute approximate surface area is 51.1 Å². The molecule has 1 aromatic heterocycles. The normalized spacial score (nSPS) is 9.25. The molecule has 0 atom stereocenters. The maximum atomic E-state index is 11.9. The molecule has 41 valence electrons. The van der Waals surface area contributed by atoms with Crippen LogP contribution in [0.3, 0.4) is 0 Å². The van der Waals surface area contributed by atoms with Crippen molar-refractivity contribution in [3.05, 3.63) is 29.3 Å². The van der Waals surface area contributed by atoms with Crippen LogP contribution in [0.1, 0.15) is 0 Å². The smallest absolute Gasteiger partial charge is 0.208 e. The Morgan fingerprint density at radius 1 is 1.62 bits per heavy atom. The Kier molecular flexibility index (Phi) is 1.44. The molecule has 0 aliphatic heterocycles. The number of nitrogens with zero attached hydrogens (tertiary/aromatic N) is 1. The highest BCUT2D eigenvalue weighted by molar-refractivity contribution is 6.29. The van der Waals surface area contributed by atoms with Crippen molar-refractivity contribution < 1.29 is 4.39 Å². The lowest BCUT2D eigenvalue weighted by molar-refractivity contribution is 0.583. The van der Waals surface area contributed by atoms with Gasteiger partial charge in [0.1, 0.15) is 5.15 Å². The molecule has 3 heteroatoms. The molecule has 0 bridgehead atoms. The zero-order chi connectivity index (χ0) is 5.98. The summed E-state index contributed by atoms with van der Waals surface area (Å²) in [7, 11) is 0. The maximum absolute atomic E-state index is 11.9. The quantitative estimate of drug-likeness (QED) is 0.487. The second-order valence-corrected chi connectivity index (χ2v) is 1.60. The molecule has 0 aromatic carbocycles. The molecule has 0 spiro atoms. The second kappa shape index (κ2) is 2.09. The molecule has 1 radical (unpaired) electrons. The first-order valence-electron chi connectivity index (χ1n) is 1.98. The van der Waals surface area contributed by atoms with E-state index >= 15 is 0 Å². The minimum Gasteiger partial charge on any atom is -0.208 e. The lowest BCUT2D eigenvalue weighted by atomic mass is 10.5. The highest BCUT2D eigenvalue weighted by Crippen LogP contribution is 2.01. The van der Waals surface area contributed by atoms with E-state index in [1.807, 2.05) is 0 Å². The summed E-state index contributed by atoms with van der Waals surface area (Å²) in [5, 5.41) is 0.130. The van der Waals surface area contributed by atoms with Crippen LogP contribution in [0.15, 0.2) is 12.1 Å². The predicted octanol–water partition coefficient (Wildman–Crippen LogP) is 1.67. The monoisotopic (exact) mass is 130 g/mol. The van der Waals surface area contributed by atoms with Crippen LogP contribution in [-0.4, -0.2) is 4.98 Å². The average Bonchev–Trinajstić information content (AvgIpc) is 1.64. The molecule has 8 heavy (non-hydrogen) atoms. The molecule has 1 heterocycles. The molecule has 1 rings (SSSR count). The van der Waals surface area contributed by atoms with Gasteiger partial charge in [0.15, 0.2) is 0 Å². The molecule has 0 N–H and O–H groups in total. The molecule has 0 unspecified atom stereocenters. The summed E-state index contributed by atoms with van der Waals surface area (Å²) in [5.41, 5.74) is 0. The number of hydrogen-bond acceptors (Lipinski definition) is 1. The minimum atomic E-state index is -0.600. The van der Waals surface area contributed by atoms with Crippen LogP contribution >= 0.6 is 11.6 Å². The van der Waals surface area contributed by atoms with Gasteiger partial charge in [0.05, 0.1) is 0 Å². The lowest BCUT2D eigenvalue weighted by Gasteiger charge is -1.84. The van der Waals surface area contributed by atoms with E-state index in [9.17, 15) is 4.39 Å². The first-order chi connectivity index (χ1) is 3.79. The summed E-state index contributed by atoms with van der Waals surface area (Å²) in [5.74, 6) is -0.600. The average molecular weight is 131 g/mol. The van der Waals surface area contributed by atoms with E-state index in [2.05, 4.69) is 11.1 Å². The zero-order valence-electron chi connectivity index (χ0n) is 3.86. The van der Waals surface area contributed by atoms with Gasteiger partial charge in [0.2, 0.25) is 5.95 Å². The van der Waals surface area contributed by atoms with E-state index in [4.69, 9.17) is 11.6 Å². The van der Waals surface area contributed by atoms with Gasteiger partial charge in [-0.2, -0.15) is 4.39 Å². The molecular formula is C5H2ClFN. The Bertz CT molecular complexity index is 172. The Morgan fingerprint density at radius 3 is 2.75 bits per heavy atom. The molecule has 0 aliphatic rings. The van der Waals surface area contributed by atoms with Crippen molar-refractivity contribution in [1.82, 2.24) is 4.98 Å². The van der Waals surface area contributed by atoms with Crippen LogP contribution in [0, 0.1) is 12.0 Å². The van der Waals surface area contributed by atoms with Crippen LogP contribution in [0.5, 0.6) is 0 Å². The van der Waals surface area contributed by atoms with Crippen molar-refractivity contribution >= 4 is 11.6 Å². The first kappa shape index (κ1) is 5.51. The number of rotatable bonds is 0. The fourth-order valence-corrected chi connectivity index (χ4v) is 0.490. The Hall–Kier alpha value is -0.630. The lowest BCUT2D eigenvalue weighted by Crippen LogP contribution is -1.78. The van der Waals surface area contributed by atoms with Gasteiger partial charge < -0.3 is 0 Å². The third-order valence-corrected chi connectivity index (χ3v) is 0.812. The SMILES string of the molecule is Fc1c[c]cc(Cl)n1. The van der Waals surface area contributed by atoms with Crippen LogP contribution in [0.4, 0.5) is 4.39 Å². The maximum Gasteiger partial charge on any atom is 0.214 e. The van der Waals surface area contributed by atoms with Crippen molar-refractivity contribution in [2.24, 2.45) is 0 Å².